The molecule has 5 nitrogen and oxygen atoms in total. The van der Waals surface area contributed by atoms with E-state index in [-0.39, 0.29) is 5.88 Å². The normalized spacial score (nSPS) is 11.4. The average molecular weight is 431 g/mol. The van der Waals surface area contributed by atoms with Crippen molar-refractivity contribution in [3.8, 4) is 17.1 Å². The summed E-state index contributed by atoms with van der Waals surface area (Å²) in [5.74, 6) is 0.861. The van der Waals surface area contributed by atoms with Gasteiger partial charge in [0, 0.05) is 18.2 Å². The van der Waals surface area contributed by atoms with Crippen LogP contribution in [0.25, 0.3) is 27.7 Å². The highest BCUT2D eigenvalue weighted by atomic mass is 16.3. The van der Waals surface area contributed by atoms with E-state index in [1.165, 1.54) is 0 Å². The van der Waals surface area contributed by atoms with Gasteiger partial charge in [0.05, 0.1) is 24.1 Å². The van der Waals surface area contributed by atoms with E-state index in [4.69, 9.17) is 14.4 Å². The second-order valence-electron chi connectivity index (χ2n) is 8.09. The summed E-state index contributed by atoms with van der Waals surface area (Å²) in [6.07, 6.45) is 4.53. The second-order valence-corrected chi connectivity index (χ2v) is 8.09. The molecule has 0 bridgehead atoms. The molecular formula is C28H21N3O2. The second kappa shape index (κ2) is 7.95. The molecule has 0 fully saturated rings. The van der Waals surface area contributed by atoms with Gasteiger partial charge in [-0.1, -0.05) is 72.8 Å². The fourth-order valence-electron chi connectivity index (χ4n) is 4.33. The lowest BCUT2D eigenvalue weighted by molar-refractivity contribution is 0.438. The van der Waals surface area contributed by atoms with E-state index in [0.29, 0.717) is 24.2 Å². The number of aromatic nitrogens is 3. The Bertz CT molecular complexity index is 1560. The van der Waals surface area contributed by atoms with Gasteiger partial charge in [0.25, 0.3) is 0 Å². The monoisotopic (exact) mass is 431 g/mol. The summed E-state index contributed by atoms with van der Waals surface area (Å²) in [5, 5.41) is 13.4. The first-order valence-corrected chi connectivity index (χ1v) is 10.9. The first-order chi connectivity index (χ1) is 16.3. The zero-order valence-corrected chi connectivity index (χ0v) is 17.8. The molecule has 0 unspecified atom stereocenters. The zero-order chi connectivity index (χ0) is 22.2. The Morgan fingerprint density at radius 3 is 2.42 bits per heavy atom. The van der Waals surface area contributed by atoms with Crippen LogP contribution in [0.1, 0.15) is 22.7 Å². The predicted octanol–water partition coefficient (Wildman–Crippen LogP) is 6.03. The minimum Gasteiger partial charge on any atom is -0.493 e. The number of furan rings is 1. The standard InChI is InChI=1S/C28H21N3O2/c32-28-25(17-21-12-7-15-33-21)30-27-24(16-19-8-2-1-3-9-19)29-26(18-31(27)28)23-14-6-11-20-10-4-5-13-22(20)23/h1-15,18,32H,16-17H2. The molecule has 0 aliphatic rings. The average Bonchev–Trinajstić information content (AvgIpc) is 3.48. The highest BCUT2D eigenvalue weighted by Crippen LogP contribution is 2.31. The minimum absolute atomic E-state index is 0.111. The van der Waals surface area contributed by atoms with Crippen LogP contribution in [0.4, 0.5) is 0 Å². The van der Waals surface area contributed by atoms with Gasteiger partial charge in [-0.15, -0.1) is 0 Å². The lowest BCUT2D eigenvalue weighted by Gasteiger charge is -2.10. The van der Waals surface area contributed by atoms with E-state index >= 15 is 0 Å². The summed E-state index contributed by atoms with van der Waals surface area (Å²) in [6, 6.07) is 28.4. The SMILES string of the molecule is Oc1c(Cc2ccco2)nc2c(Cc3ccccc3)nc(-c3cccc4ccccc34)cn12. The Morgan fingerprint density at radius 1 is 0.758 bits per heavy atom. The van der Waals surface area contributed by atoms with Crippen molar-refractivity contribution in [3.05, 3.63) is 120 Å². The molecule has 3 aromatic heterocycles. The van der Waals surface area contributed by atoms with E-state index in [0.717, 1.165) is 39.0 Å². The number of benzene rings is 3. The van der Waals surface area contributed by atoms with E-state index < -0.39 is 0 Å². The van der Waals surface area contributed by atoms with Crippen LogP contribution in [0.15, 0.2) is 102 Å². The molecule has 5 heteroatoms. The Balaban J connectivity index is 1.56. The molecule has 0 radical (unpaired) electrons. The summed E-state index contributed by atoms with van der Waals surface area (Å²) in [7, 11) is 0. The van der Waals surface area contributed by atoms with Gasteiger partial charge in [0.2, 0.25) is 5.88 Å². The highest BCUT2D eigenvalue weighted by molar-refractivity contribution is 5.95. The van der Waals surface area contributed by atoms with Crippen molar-refractivity contribution in [1.82, 2.24) is 14.4 Å². The van der Waals surface area contributed by atoms with Crippen LogP contribution >= 0.6 is 0 Å². The molecule has 1 N–H and O–H groups in total. The summed E-state index contributed by atoms with van der Waals surface area (Å²) < 4.78 is 7.23. The van der Waals surface area contributed by atoms with Crippen molar-refractivity contribution in [2.45, 2.75) is 12.8 Å². The van der Waals surface area contributed by atoms with Crippen LogP contribution in [-0.4, -0.2) is 19.5 Å². The molecule has 0 spiro atoms. The van der Waals surface area contributed by atoms with Crippen molar-refractivity contribution in [1.29, 1.82) is 0 Å². The van der Waals surface area contributed by atoms with Gasteiger partial charge in [0.1, 0.15) is 11.5 Å². The summed E-state index contributed by atoms with van der Waals surface area (Å²) >= 11 is 0. The molecule has 0 saturated heterocycles. The molecular weight excluding hydrogens is 410 g/mol. The first-order valence-electron chi connectivity index (χ1n) is 10.9. The Labute approximate surface area is 190 Å². The van der Waals surface area contributed by atoms with E-state index in [1.807, 2.05) is 54.7 Å². The lowest BCUT2D eigenvalue weighted by atomic mass is 10.0. The predicted molar refractivity (Wildman–Crippen MR) is 128 cm³/mol. The molecule has 6 aromatic rings. The molecule has 33 heavy (non-hydrogen) atoms. The number of aromatic hydroxyl groups is 1. The largest absolute Gasteiger partial charge is 0.493 e. The van der Waals surface area contributed by atoms with Gasteiger partial charge in [-0.25, -0.2) is 9.97 Å². The molecule has 3 heterocycles. The van der Waals surface area contributed by atoms with Crippen LogP contribution in [0.2, 0.25) is 0 Å². The van der Waals surface area contributed by atoms with Crippen LogP contribution in [0, 0.1) is 0 Å². The third-order valence-corrected chi connectivity index (χ3v) is 5.92. The molecule has 0 aliphatic carbocycles. The van der Waals surface area contributed by atoms with Gasteiger partial charge >= 0.3 is 0 Å². The van der Waals surface area contributed by atoms with Crippen molar-refractivity contribution in [2.24, 2.45) is 0 Å². The Hall–Kier alpha value is -4.38. The molecule has 0 atom stereocenters. The fourth-order valence-corrected chi connectivity index (χ4v) is 4.33. The topological polar surface area (TPSA) is 63.6 Å². The van der Waals surface area contributed by atoms with Crippen LogP contribution in [-0.2, 0) is 12.8 Å². The number of nitrogens with zero attached hydrogens (tertiary/aromatic N) is 3. The fraction of sp³-hybridized carbons (Fsp3) is 0.0714. The van der Waals surface area contributed by atoms with E-state index in [1.54, 1.807) is 10.7 Å². The zero-order valence-electron chi connectivity index (χ0n) is 17.8. The van der Waals surface area contributed by atoms with Crippen LogP contribution in [0.3, 0.4) is 0 Å². The van der Waals surface area contributed by atoms with E-state index in [9.17, 15) is 5.11 Å². The van der Waals surface area contributed by atoms with Gasteiger partial charge in [-0.2, -0.15) is 0 Å². The van der Waals surface area contributed by atoms with Crippen molar-refractivity contribution >= 4 is 16.4 Å². The molecule has 0 amide bonds. The molecule has 160 valence electrons. The summed E-state index contributed by atoms with van der Waals surface area (Å²) in [6.45, 7) is 0. The van der Waals surface area contributed by atoms with E-state index in [2.05, 4.69) is 36.4 Å². The summed E-state index contributed by atoms with van der Waals surface area (Å²) in [4.78, 5) is 9.82. The van der Waals surface area contributed by atoms with Crippen LogP contribution in [0.5, 0.6) is 5.88 Å². The smallest absolute Gasteiger partial charge is 0.219 e. The number of hydrogen-bond donors (Lipinski definition) is 1. The number of imidazole rings is 1. The Morgan fingerprint density at radius 2 is 1.58 bits per heavy atom. The lowest BCUT2D eigenvalue weighted by Crippen LogP contribution is -2.01. The first kappa shape index (κ1) is 19.3. The number of fused-ring (bicyclic) bond motifs is 2. The summed E-state index contributed by atoms with van der Waals surface area (Å²) in [5.41, 5.74) is 4.98. The van der Waals surface area contributed by atoms with Gasteiger partial charge in [-0.05, 0) is 28.5 Å². The van der Waals surface area contributed by atoms with Gasteiger partial charge in [0.15, 0.2) is 5.65 Å². The quantitative estimate of drug-likeness (QED) is 0.362. The molecule has 0 saturated carbocycles. The van der Waals surface area contributed by atoms with Crippen molar-refractivity contribution in [3.63, 3.8) is 0 Å². The number of hydrogen-bond acceptors (Lipinski definition) is 4. The van der Waals surface area contributed by atoms with Crippen molar-refractivity contribution < 1.29 is 9.52 Å². The van der Waals surface area contributed by atoms with Gasteiger partial charge < -0.3 is 9.52 Å². The maximum Gasteiger partial charge on any atom is 0.219 e. The third-order valence-electron chi connectivity index (χ3n) is 5.92. The van der Waals surface area contributed by atoms with Gasteiger partial charge in [-0.3, -0.25) is 4.40 Å². The highest BCUT2D eigenvalue weighted by Gasteiger charge is 2.19. The third kappa shape index (κ3) is 3.53. The Kier molecular flexibility index (Phi) is 4.65. The molecule has 0 aliphatic heterocycles. The minimum atomic E-state index is 0.111. The maximum atomic E-state index is 11.1. The van der Waals surface area contributed by atoms with Crippen LogP contribution < -0.4 is 0 Å². The number of rotatable bonds is 5. The molecule has 6 rings (SSSR count). The molecule has 3 aromatic carbocycles. The maximum absolute atomic E-state index is 11.1. The van der Waals surface area contributed by atoms with Crippen molar-refractivity contribution in [2.75, 3.05) is 0 Å².